The highest BCUT2D eigenvalue weighted by molar-refractivity contribution is 7.92. The lowest BCUT2D eigenvalue weighted by Gasteiger charge is -2.30. The van der Waals surface area contributed by atoms with Crippen molar-refractivity contribution in [2.24, 2.45) is 0 Å². The number of hydrogen-bond acceptors (Lipinski definition) is 5. The molecule has 0 saturated carbocycles. The van der Waals surface area contributed by atoms with Gasteiger partial charge in [0, 0.05) is 12.1 Å². The number of non-ortho nitro benzene ring substituents is 1. The SMILES string of the molecule is Cc1ccc(C)c(N([C@H](C)C(=O)Nc2cc([N+](=O)[O-])ccc2C)S(C)(=O)=O)c1. The van der Waals surface area contributed by atoms with Crippen molar-refractivity contribution in [3.63, 3.8) is 0 Å². The summed E-state index contributed by atoms with van der Waals surface area (Å²) in [5, 5.41) is 13.6. The van der Waals surface area contributed by atoms with Gasteiger partial charge in [-0.3, -0.25) is 19.2 Å². The molecule has 150 valence electrons. The molecular weight excluding hydrogens is 382 g/mol. The summed E-state index contributed by atoms with van der Waals surface area (Å²) in [6.07, 6.45) is 1.04. The molecule has 0 saturated heterocycles. The molecule has 0 fully saturated rings. The van der Waals surface area contributed by atoms with E-state index < -0.39 is 26.9 Å². The predicted molar refractivity (Wildman–Crippen MR) is 109 cm³/mol. The summed E-state index contributed by atoms with van der Waals surface area (Å²) in [6, 6.07) is 8.41. The zero-order valence-electron chi connectivity index (χ0n) is 16.4. The van der Waals surface area contributed by atoms with Crippen molar-refractivity contribution in [2.45, 2.75) is 33.7 Å². The molecule has 8 nitrogen and oxygen atoms in total. The van der Waals surface area contributed by atoms with Gasteiger partial charge in [-0.1, -0.05) is 18.2 Å². The second kappa shape index (κ2) is 7.97. The number of nitro groups is 1. The predicted octanol–water partition coefficient (Wildman–Crippen LogP) is 3.31. The van der Waals surface area contributed by atoms with E-state index in [-0.39, 0.29) is 11.4 Å². The molecule has 2 rings (SSSR count). The van der Waals surface area contributed by atoms with E-state index in [0.29, 0.717) is 16.8 Å². The Balaban J connectivity index is 2.42. The van der Waals surface area contributed by atoms with Gasteiger partial charge in [0.1, 0.15) is 6.04 Å². The quantitative estimate of drug-likeness (QED) is 0.586. The third-order valence-corrected chi connectivity index (χ3v) is 5.61. The maximum atomic E-state index is 12.8. The third-order valence-electron chi connectivity index (χ3n) is 4.38. The lowest BCUT2D eigenvalue weighted by atomic mass is 10.1. The number of aryl methyl sites for hydroxylation is 3. The molecule has 1 atom stereocenters. The molecule has 0 unspecified atom stereocenters. The van der Waals surface area contributed by atoms with Crippen LogP contribution in [0.4, 0.5) is 17.1 Å². The van der Waals surface area contributed by atoms with Crippen molar-refractivity contribution in [3.8, 4) is 0 Å². The first-order valence-corrected chi connectivity index (χ1v) is 10.4. The fraction of sp³-hybridized carbons (Fsp3) is 0.316. The van der Waals surface area contributed by atoms with Crippen LogP contribution in [0.15, 0.2) is 36.4 Å². The first-order valence-electron chi connectivity index (χ1n) is 8.54. The van der Waals surface area contributed by atoms with E-state index >= 15 is 0 Å². The topological polar surface area (TPSA) is 110 Å². The average molecular weight is 405 g/mol. The third kappa shape index (κ3) is 4.66. The molecular formula is C19H23N3O5S. The minimum Gasteiger partial charge on any atom is -0.324 e. The maximum Gasteiger partial charge on any atom is 0.271 e. The van der Waals surface area contributed by atoms with Crippen LogP contribution in [0.2, 0.25) is 0 Å². The monoisotopic (exact) mass is 405 g/mol. The van der Waals surface area contributed by atoms with E-state index in [2.05, 4.69) is 5.32 Å². The van der Waals surface area contributed by atoms with Crippen LogP contribution in [-0.2, 0) is 14.8 Å². The number of amides is 1. The molecule has 0 bridgehead atoms. The summed E-state index contributed by atoms with van der Waals surface area (Å²) >= 11 is 0. The lowest BCUT2D eigenvalue weighted by molar-refractivity contribution is -0.384. The van der Waals surface area contributed by atoms with Gasteiger partial charge in [-0.15, -0.1) is 0 Å². The van der Waals surface area contributed by atoms with Gasteiger partial charge in [-0.2, -0.15) is 0 Å². The number of carbonyl (C=O) groups is 1. The number of anilines is 2. The van der Waals surface area contributed by atoms with E-state index in [1.54, 1.807) is 26.0 Å². The largest absolute Gasteiger partial charge is 0.324 e. The minimum absolute atomic E-state index is 0.164. The Morgan fingerprint density at radius 1 is 1.11 bits per heavy atom. The van der Waals surface area contributed by atoms with Crippen molar-refractivity contribution < 1.29 is 18.1 Å². The van der Waals surface area contributed by atoms with Gasteiger partial charge in [0.25, 0.3) is 5.69 Å². The van der Waals surface area contributed by atoms with E-state index in [1.165, 1.54) is 25.1 Å². The van der Waals surface area contributed by atoms with Gasteiger partial charge < -0.3 is 5.32 Å². The Labute approximate surface area is 164 Å². The van der Waals surface area contributed by atoms with Gasteiger partial charge in [0.05, 0.1) is 22.6 Å². The molecule has 1 N–H and O–H groups in total. The molecule has 9 heteroatoms. The number of rotatable bonds is 6. The Kier molecular flexibility index (Phi) is 6.08. The van der Waals surface area contributed by atoms with E-state index in [4.69, 9.17) is 0 Å². The van der Waals surface area contributed by atoms with Crippen molar-refractivity contribution in [2.75, 3.05) is 15.9 Å². The summed E-state index contributed by atoms with van der Waals surface area (Å²) in [4.78, 5) is 23.2. The van der Waals surface area contributed by atoms with Crippen molar-refractivity contribution in [3.05, 3.63) is 63.2 Å². The second-order valence-electron chi connectivity index (χ2n) is 6.77. The standard InChI is InChI=1S/C19H23N3O5S/c1-12-6-7-14(3)18(10-12)21(28(5,26)27)15(4)19(23)20-17-11-16(22(24)25)9-8-13(17)2/h6-11,15H,1-5H3,(H,20,23)/t15-/m1/s1. The van der Waals surface area contributed by atoms with Gasteiger partial charge in [-0.05, 0) is 50.5 Å². The van der Waals surface area contributed by atoms with Crippen molar-refractivity contribution in [1.29, 1.82) is 0 Å². The van der Waals surface area contributed by atoms with Crippen LogP contribution in [0.3, 0.4) is 0 Å². The average Bonchev–Trinajstić information content (AvgIpc) is 2.58. The Morgan fingerprint density at radius 3 is 2.29 bits per heavy atom. The van der Waals surface area contributed by atoms with Gasteiger partial charge in [0.2, 0.25) is 15.9 Å². The number of benzene rings is 2. The Morgan fingerprint density at radius 2 is 1.71 bits per heavy atom. The normalized spacial score (nSPS) is 12.3. The Bertz CT molecular complexity index is 1030. The maximum absolute atomic E-state index is 12.8. The molecule has 2 aromatic carbocycles. The number of hydrogen-bond donors (Lipinski definition) is 1. The second-order valence-corrected chi connectivity index (χ2v) is 8.63. The van der Waals surface area contributed by atoms with E-state index in [1.807, 2.05) is 13.0 Å². The number of nitrogens with zero attached hydrogens (tertiary/aromatic N) is 2. The highest BCUT2D eigenvalue weighted by atomic mass is 32.2. The highest BCUT2D eigenvalue weighted by Crippen LogP contribution is 2.27. The molecule has 0 aromatic heterocycles. The zero-order valence-corrected chi connectivity index (χ0v) is 17.2. The summed E-state index contributed by atoms with van der Waals surface area (Å²) in [5.74, 6) is -0.588. The number of nitrogens with one attached hydrogen (secondary N) is 1. The van der Waals surface area contributed by atoms with Gasteiger partial charge in [-0.25, -0.2) is 8.42 Å². The summed E-state index contributed by atoms with van der Waals surface area (Å²) in [6.45, 7) is 6.77. The van der Waals surface area contributed by atoms with Crippen LogP contribution < -0.4 is 9.62 Å². The molecule has 2 aromatic rings. The fourth-order valence-electron chi connectivity index (χ4n) is 2.83. The Hall–Kier alpha value is -2.94. The van der Waals surface area contributed by atoms with Crippen LogP contribution in [0.5, 0.6) is 0 Å². The van der Waals surface area contributed by atoms with Crippen LogP contribution >= 0.6 is 0 Å². The van der Waals surface area contributed by atoms with Crippen molar-refractivity contribution in [1.82, 2.24) is 0 Å². The van der Waals surface area contributed by atoms with Crippen LogP contribution in [0.1, 0.15) is 23.6 Å². The minimum atomic E-state index is -3.76. The molecule has 0 radical (unpaired) electrons. The molecule has 0 aliphatic carbocycles. The fourth-order valence-corrected chi connectivity index (χ4v) is 4.06. The summed E-state index contributed by atoms with van der Waals surface area (Å²) < 4.78 is 26.0. The number of nitro benzene ring substituents is 1. The lowest BCUT2D eigenvalue weighted by Crippen LogP contribution is -2.45. The molecule has 0 aliphatic rings. The van der Waals surface area contributed by atoms with Crippen LogP contribution in [0, 0.1) is 30.9 Å². The van der Waals surface area contributed by atoms with E-state index in [9.17, 15) is 23.3 Å². The molecule has 0 aliphatic heterocycles. The zero-order chi connectivity index (χ0) is 21.2. The highest BCUT2D eigenvalue weighted by Gasteiger charge is 2.30. The molecule has 1 amide bonds. The number of sulfonamides is 1. The molecule has 0 heterocycles. The van der Waals surface area contributed by atoms with Crippen molar-refractivity contribution >= 4 is 33.0 Å². The summed E-state index contributed by atoms with van der Waals surface area (Å²) in [7, 11) is -3.76. The number of carbonyl (C=O) groups excluding carboxylic acids is 1. The smallest absolute Gasteiger partial charge is 0.271 e. The van der Waals surface area contributed by atoms with Gasteiger partial charge >= 0.3 is 0 Å². The summed E-state index contributed by atoms with van der Waals surface area (Å²) in [5.41, 5.74) is 2.71. The molecule has 28 heavy (non-hydrogen) atoms. The molecule has 0 spiro atoms. The van der Waals surface area contributed by atoms with E-state index in [0.717, 1.165) is 16.1 Å². The van der Waals surface area contributed by atoms with Crippen LogP contribution in [-0.4, -0.2) is 31.5 Å². The van der Waals surface area contributed by atoms with Gasteiger partial charge in [0.15, 0.2) is 0 Å². The van der Waals surface area contributed by atoms with Crippen LogP contribution in [0.25, 0.3) is 0 Å². The first-order chi connectivity index (χ1) is 12.9. The first kappa shape index (κ1) is 21.4.